The van der Waals surface area contributed by atoms with Crippen LogP contribution < -0.4 is 5.32 Å². The van der Waals surface area contributed by atoms with Crippen molar-refractivity contribution in [1.82, 2.24) is 14.8 Å². The Morgan fingerprint density at radius 1 is 1.47 bits per heavy atom. The van der Waals surface area contributed by atoms with Gasteiger partial charge in [0, 0.05) is 36.9 Å². The monoisotopic (exact) mass is 200 g/mol. The van der Waals surface area contributed by atoms with Crippen molar-refractivity contribution < 1.29 is 0 Å². The number of rotatable bonds is 4. The number of pyridine rings is 1. The molecule has 0 aliphatic heterocycles. The summed E-state index contributed by atoms with van der Waals surface area (Å²) >= 11 is 0. The van der Waals surface area contributed by atoms with Gasteiger partial charge in [-0.1, -0.05) is 6.58 Å². The maximum absolute atomic E-state index is 4.09. The molecule has 1 N–H and O–H groups in total. The highest BCUT2D eigenvalue weighted by molar-refractivity contribution is 5.40. The molecule has 0 saturated carbocycles. The average Bonchev–Trinajstić information content (AvgIpc) is 2.76. The molecule has 0 atom stereocenters. The molecule has 2 aromatic heterocycles. The molecule has 76 valence electrons. The largest absolute Gasteiger partial charge is 0.380 e. The lowest BCUT2D eigenvalue weighted by Gasteiger charge is -2.02. The predicted octanol–water partition coefficient (Wildman–Crippen LogP) is 1.99. The number of nitrogens with one attached hydrogen (secondary N) is 1. The molecule has 2 heterocycles. The summed E-state index contributed by atoms with van der Waals surface area (Å²) in [5, 5.41) is 7.34. The topological polar surface area (TPSA) is 42.7 Å². The summed E-state index contributed by atoms with van der Waals surface area (Å²) in [5.74, 6) is 0. The van der Waals surface area contributed by atoms with Crippen LogP contribution in [0.4, 0.5) is 5.69 Å². The number of anilines is 1. The van der Waals surface area contributed by atoms with Gasteiger partial charge in [0.15, 0.2) is 0 Å². The van der Waals surface area contributed by atoms with Crippen LogP contribution in [0.2, 0.25) is 0 Å². The molecule has 0 fully saturated rings. The van der Waals surface area contributed by atoms with Crippen LogP contribution in [0.25, 0.3) is 6.20 Å². The molecule has 2 rings (SSSR count). The van der Waals surface area contributed by atoms with E-state index in [2.05, 4.69) is 22.0 Å². The van der Waals surface area contributed by atoms with E-state index < -0.39 is 0 Å². The summed E-state index contributed by atoms with van der Waals surface area (Å²) in [6.45, 7) is 4.37. The molecule has 0 aromatic carbocycles. The fraction of sp³-hybridized carbons (Fsp3) is 0.0909. The van der Waals surface area contributed by atoms with E-state index in [1.54, 1.807) is 23.3 Å². The van der Waals surface area contributed by atoms with E-state index in [-0.39, 0.29) is 0 Å². The minimum atomic E-state index is 0.736. The molecule has 0 amide bonds. The van der Waals surface area contributed by atoms with Crippen LogP contribution in [0, 0.1) is 0 Å². The lowest BCUT2D eigenvalue weighted by Crippen LogP contribution is -1.98. The SMILES string of the molecule is C=Cn1cc(CNc2cccnc2)cn1. The highest BCUT2D eigenvalue weighted by atomic mass is 15.2. The van der Waals surface area contributed by atoms with Gasteiger partial charge < -0.3 is 5.32 Å². The van der Waals surface area contributed by atoms with Gasteiger partial charge in [0.25, 0.3) is 0 Å². The molecule has 15 heavy (non-hydrogen) atoms. The normalized spacial score (nSPS) is 9.87. The zero-order valence-electron chi connectivity index (χ0n) is 8.30. The van der Waals surface area contributed by atoms with E-state index >= 15 is 0 Å². The second kappa shape index (κ2) is 4.41. The third kappa shape index (κ3) is 2.43. The summed E-state index contributed by atoms with van der Waals surface area (Å²) in [6, 6.07) is 3.88. The molecule has 0 aliphatic carbocycles. The summed E-state index contributed by atoms with van der Waals surface area (Å²) in [5.41, 5.74) is 2.11. The number of hydrogen-bond donors (Lipinski definition) is 1. The Bertz CT molecular complexity index is 433. The third-order valence-corrected chi connectivity index (χ3v) is 2.00. The van der Waals surface area contributed by atoms with Crippen molar-refractivity contribution in [3.05, 3.63) is 49.1 Å². The van der Waals surface area contributed by atoms with Crippen molar-refractivity contribution in [3.63, 3.8) is 0 Å². The minimum Gasteiger partial charge on any atom is -0.380 e. The third-order valence-electron chi connectivity index (χ3n) is 2.00. The van der Waals surface area contributed by atoms with Crippen LogP contribution >= 0.6 is 0 Å². The Labute approximate surface area is 88.3 Å². The molecule has 0 spiro atoms. The first kappa shape index (κ1) is 9.45. The quantitative estimate of drug-likeness (QED) is 0.820. The van der Waals surface area contributed by atoms with E-state index in [4.69, 9.17) is 0 Å². The first-order valence-electron chi connectivity index (χ1n) is 4.68. The molecule has 0 bridgehead atoms. The standard InChI is InChI=1S/C11H12N4/c1-2-15-9-10(7-14-15)6-13-11-4-3-5-12-8-11/h2-5,7-9,13H,1,6H2. The highest BCUT2D eigenvalue weighted by Gasteiger charge is 1.96. The van der Waals surface area contributed by atoms with E-state index in [1.165, 1.54) is 0 Å². The smallest absolute Gasteiger partial charge is 0.0543 e. The molecule has 0 radical (unpaired) electrons. The van der Waals surface area contributed by atoms with Crippen molar-refractivity contribution in [2.45, 2.75) is 6.54 Å². The molecular formula is C11H12N4. The second-order valence-corrected chi connectivity index (χ2v) is 3.11. The highest BCUT2D eigenvalue weighted by Crippen LogP contribution is 2.06. The maximum Gasteiger partial charge on any atom is 0.0543 e. The first-order valence-corrected chi connectivity index (χ1v) is 4.68. The van der Waals surface area contributed by atoms with Crippen LogP contribution in [-0.4, -0.2) is 14.8 Å². The van der Waals surface area contributed by atoms with Crippen molar-refractivity contribution in [3.8, 4) is 0 Å². The lowest BCUT2D eigenvalue weighted by molar-refractivity contribution is 0.936. The van der Waals surface area contributed by atoms with Gasteiger partial charge in [-0.05, 0) is 12.1 Å². The molecule has 4 heteroatoms. The van der Waals surface area contributed by atoms with Crippen molar-refractivity contribution >= 4 is 11.9 Å². The molecule has 0 saturated heterocycles. The zero-order chi connectivity index (χ0) is 10.5. The Hall–Kier alpha value is -2.10. The second-order valence-electron chi connectivity index (χ2n) is 3.11. The maximum atomic E-state index is 4.09. The van der Waals surface area contributed by atoms with Crippen LogP contribution in [0.3, 0.4) is 0 Å². The Kier molecular flexibility index (Phi) is 2.78. The molecule has 2 aromatic rings. The van der Waals surface area contributed by atoms with Gasteiger partial charge >= 0.3 is 0 Å². The number of nitrogens with zero attached hydrogens (tertiary/aromatic N) is 3. The number of hydrogen-bond acceptors (Lipinski definition) is 3. The molecule has 0 aliphatic rings. The zero-order valence-corrected chi connectivity index (χ0v) is 8.30. The minimum absolute atomic E-state index is 0.736. The summed E-state index contributed by atoms with van der Waals surface area (Å²) in [4.78, 5) is 4.02. The molecule has 4 nitrogen and oxygen atoms in total. The Morgan fingerprint density at radius 2 is 2.40 bits per heavy atom. The summed E-state index contributed by atoms with van der Waals surface area (Å²) in [6.07, 6.45) is 8.94. The first-order chi connectivity index (χ1) is 7.38. The van der Waals surface area contributed by atoms with Gasteiger partial charge in [-0.3, -0.25) is 4.98 Å². The summed E-state index contributed by atoms with van der Waals surface area (Å²) < 4.78 is 1.68. The molecular weight excluding hydrogens is 188 g/mol. The summed E-state index contributed by atoms with van der Waals surface area (Å²) in [7, 11) is 0. The predicted molar refractivity (Wildman–Crippen MR) is 60.2 cm³/mol. The Balaban J connectivity index is 1.96. The fourth-order valence-electron chi connectivity index (χ4n) is 1.24. The van der Waals surface area contributed by atoms with E-state index in [1.807, 2.05) is 24.5 Å². The van der Waals surface area contributed by atoms with E-state index in [0.29, 0.717) is 0 Å². The van der Waals surface area contributed by atoms with Crippen molar-refractivity contribution in [2.24, 2.45) is 0 Å². The van der Waals surface area contributed by atoms with E-state index in [0.717, 1.165) is 17.8 Å². The lowest BCUT2D eigenvalue weighted by atomic mass is 10.3. The van der Waals surface area contributed by atoms with Crippen molar-refractivity contribution in [2.75, 3.05) is 5.32 Å². The van der Waals surface area contributed by atoms with Crippen LogP contribution in [0.5, 0.6) is 0 Å². The average molecular weight is 200 g/mol. The van der Waals surface area contributed by atoms with Crippen LogP contribution in [0.15, 0.2) is 43.5 Å². The van der Waals surface area contributed by atoms with Crippen LogP contribution in [-0.2, 0) is 6.54 Å². The van der Waals surface area contributed by atoms with Gasteiger partial charge in [0.05, 0.1) is 11.9 Å². The van der Waals surface area contributed by atoms with Gasteiger partial charge in [-0.2, -0.15) is 5.10 Å². The van der Waals surface area contributed by atoms with Gasteiger partial charge in [0.2, 0.25) is 0 Å². The number of aromatic nitrogens is 3. The van der Waals surface area contributed by atoms with E-state index in [9.17, 15) is 0 Å². The van der Waals surface area contributed by atoms with Gasteiger partial charge in [-0.15, -0.1) is 0 Å². The van der Waals surface area contributed by atoms with Crippen molar-refractivity contribution in [1.29, 1.82) is 0 Å². The Morgan fingerprint density at radius 3 is 3.07 bits per heavy atom. The van der Waals surface area contributed by atoms with Gasteiger partial charge in [-0.25, -0.2) is 4.68 Å². The van der Waals surface area contributed by atoms with Crippen LogP contribution in [0.1, 0.15) is 5.56 Å². The van der Waals surface area contributed by atoms with Gasteiger partial charge in [0.1, 0.15) is 0 Å². The molecule has 0 unspecified atom stereocenters. The fourth-order valence-corrected chi connectivity index (χ4v) is 1.24.